The van der Waals surface area contributed by atoms with E-state index in [4.69, 9.17) is 5.14 Å². The van der Waals surface area contributed by atoms with Crippen LogP contribution in [0.25, 0.3) is 0 Å². The number of primary sulfonamides is 1. The minimum Gasteiger partial charge on any atom is -0.225 e. The Labute approximate surface area is 95.3 Å². The van der Waals surface area contributed by atoms with Crippen molar-refractivity contribution in [2.75, 3.05) is 5.75 Å². The normalized spacial score (nSPS) is 12.6. The van der Waals surface area contributed by atoms with Crippen LogP contribution in [0.15, 0.2) is 34.1 Å². The van der Waals surface area contributed by atoms with Gasteiger partial charge in [0, 0.05) is 0 Å². The summed E-state index contributed by atoms with van der Waals surface area (Å²) in [4.78, 5) is -0.567. The zero-order valence-electron chi connectivity index (χ0n) is 8.75. The van der Waals surface area contributed by atoms with Crippen molar-refractivity contribution in [3.05, 3.63) is 24.3 Å². The molecule has 0 amide bonds. The van der Waals surface area contributed by atoms with E-state index in [1.807, 2.05) is 0 Å². The monoisotopic (exact) mass is 263 g/mol. The molecule has 0 bridgehead atoms. The largest absolute Gasteiger partial charge is 0.239 e. The van der Waals surface area contributed by atoms with Gasteiger partial charge < -0.3 is 0 Å². The van der Waals surface area contributed by atoms with Crippen LogP contribution in [0.1, 0.15) is 13.3 Å². The second-order valence-electron chi connectivity index (χ2n) is 3.31. The van der Waals surface area contributed by atoms with Crippen LogP contribution in [-0.2, 0) is 19.9 Å². The van der Waals surface area contributed by atoms with E-state index in [2.05, 4.69) is 0 Å². The standard InChI is InChI=1S/C9H13NO4S2/c1-2-7-15(11,12)8-5-3-4-6-9(8)16(10,13)14/h3-6H,2,7H2,1H3,(H2,10,13,14). The first-order valence-corrected chi connectivity index (χ1v) is 7.83. The van der Waals surface area contributed by atoms with Gasteiger partial charge in [0.1, 0.15) is 4.90 Å². The van der Waals surface area contributed by atoms with Crippen LogP contribution in [0, 0.1) is 0 Å². The molecule has 0 aliphatic heterocycles. The minimum atomic E-state index is -4.01. The molecule has 90 valence electrons. The SMILES string of the molecule is CCCS(=O)(=O)c1ccccc1S(N)(=O)=O. The van der Waals surface area contributed by atoms with E-state index >= 15 is 0 Å². The Morgan fingerprint density at radius 1 is 1.06 bits per heavy atom. The molecule has 0 radical (unpaired) electrons. The highest BCUT2D eigenvalue weighted by Gasteiger charge is 2.22. The van der Waals surface area contributed by atoms with E-state index in [1.54, 1.807) is 6.92 Å². The lowest BCUT2D eigenvalue weighted by Gasteiger charge is -2.07. The lowest BCUT2D eigenvalue weighted by Crippen LogP contribution is -2.17. The summed E-state index contributed by atoms with van der Waals surface area (Å²) in [6.45, 7) is 1.71. The molecule has 7 heteroatoms. The molecule has 0 atom stereocenters. The van der Waals surface area contributed by atoms with E-state index in [0.29, 0.717) is 6.42 Å². The van der Waals surface area contributed by atoms with Gasteiger partial charge in [-0.2, -0.15) is 0 Å². The highest BCUT2D eigenvalue weighted by atomic mass is 32.2. The number of nitrogens with two attached hydrogens (primary N) is 1. The van der Waals surface area contributed by atoms with E-state index in [0.717, 1.165) is 0 Å². The summed E-state index contributed by atoms with van der Waals surface area (Å²) in [6.07, 6.45) is 0.418. The Morgan fingerprint density at radius 3 is 2.00 bits per heavy atom. The van der Waals surface area contributed by atoms with E-state index < -0.39 is 19.9 Å². The first kappa shape index (κ1) is 13.1. The molecular weight excluding hydrogens is 250 g/mol. The number of rotatable bonds is 4. The average molecular weight is 263 g/mol. The van der Waals surface area contributed by atoms with Gasteiger partial charge in [-0.1, -0.05) is 19.1 Å². The van der Waals surface area contributed by atoms with Crippen molar-refractivity contribution in [2.24, 2.45) is 5.14 Å². The van der Waals surface area contributed by atoms with Crippen LogP contribution in [0.4, 0.5) is 0 Å². The molecule has 1 rings (SSSR count). The molecule has 1 aromatic rings. The van der Waals surface area contributed by atoms with Gasteiger partial charge in [-0.15, -0.1) is 0 Å². The lowest BCUT2D eigenvalue weighted by atomic mass is 10.4. The van der Waals surface area contributed by atoms with Crippen LogP contribution in [0.5, 0.6) is 0 Å². The fourth-order valence-corrected chi connectivity index (χ4v) is 4.08. The van der Waals surface area contributed by atoms with Gasteiger partial charge >= 0.3 is 0 Å². The first-order valence-electron chi connectivity index (χ1n) is 4.63. The Morgan fingerprint density at radius 2 is 1.56 bits per heavy atom. The van der Waals surface area contributed by atoms with E-state index in [-0.39, 0.29) is 15.5 Å². The highest BCUT2D eigenvalue weighted by Crippen LogP contribution is 2.20. The maximum Gasteiger partial charge on any atom is 0.239 e. The maximum absolute atomic E-state index is 11.8. The van der Waals surface area contributed by atoms with Crippen molar-refractivity contribution >= 4 is 19.9 Å². The van der Waals surface area contributed by atoms with Gasteiger partial charge in [-0.3, -0.25) is 0 Å². The summed E-state index contributed by atoms with van der Waals surface area (Å²) in [5, 5.41) is 4.96. The Hall–Kier alpha value is -0.920. The summed E-state index contributed by atoms with van der Waals surface area (Å²) >= 11 is 0. The van der Waals surface area contributed by atoms with E-state index in [1.165, 1.54) is 24.3 Å². The predicted molar refractivity (Wildman–Crippen MR) is 60.2 cm³/mol. The van der Waals surface area contributed by atoms with Gasteiger partial charge in [0.05, 0.1) is 10.6 Å². The molecule has 0 aliphatic rings. The first-order chi connectivity index (χ1) is 7.29. The molecular formula is C9H13NO4S2. The quantitative estimate of drug-likeness (QED) is 0.856. The van der Waals surface area contributed by atoms with Gasteiger partial charge in [0.15, 0.2) is 9.84 Å². The second-order valence-corrected chi connectivity index (χ2v) is 6.92. The number of hydrogen-bond acceptors (Lipinski definition) is 4. The molecule has 0 unspecified atom stereocenters. The van der Waals surface area contributed by atoms with Crippen LogP contribution in [0.3, 0.4) is 0 Å². The second kappa shape index (κ2) is 4.52. The molecule has 0 heterocycles. The summed E-state index contributed by atoms with van der Waals surface area (Å²) in [6, 6.07) is 5.35. The van der Waals surface area contributed by atoms with Gasteiger partial charge in [-0.25, -0.2) is 22.0 Å². The third-order valence-electron chi connectivity index (χ3n) is 1.96. The summed E-state index contributed by atoms with van der Waals surface area (Å²) in [5.74, 6) is -0.0977. The lowest BCUT2D eigenvalue weighted by molar-refractivity contribution is 0.582. The van der Waals surface area contributed by atoms with Crippen molar-refractivity contribution in [1.82, 2.24) is 0 Å². The van der Waals surface area contributed by atoms with Crippen molar-refractivity contribution in [2.45, 2.75) is 23.1 Å². The summed E-state index contributed by atoms with van der Waals surface area (Å²) < 4.78 is 46.0. The third-order valence-corrected chi connectivity index (χ3v) is 5.03. The number of sulfone groups is 1. The Kier molecular flexibility index (Phi) is 3.72. The molecule has 0 aromatic heterocycles. The molecule has 2 N–H and O–H groups in total. The number of benzene rings is 1. The average Bonchev–Trinajstić information content (AvgIpc) is 2.16. The van der Waals surface area contributed by atoms with Crippen molar-refractivity contribution < 1.29 is 16.8 Å². The fraction of sp³-hybridized carbons (Fsp3) is 0.333. The molecule has 0 fully saturated rings. The van der Waals surface area contributed by atoms with Crippen LogP contribution in [-0.4, -0.2) is 22.6 Å². The number of sulfonamides is 1. The van der Waals surface area contributed by atoms with Crippen LogP contribution in [0.2, 0.25) is 0 Å². The minimum absolute atomic E-state index is 0.0977. The molecule has 0 spiro atoms. The highest BCUT2D eigenvalue weighted by molar-refractivity contribution is 7.93. The van der Waals surface area contributed by atoms with Crippen LogP contribution >= 0.6 is 0 Å². The van der Waals surface area contributed by atoms with Crippen LogP contribution < -0.4 is 5.14 Å². The summed E-state index contributed by atoms with van der Waals surface area (Å²) in [7, 11) is -7.60. The van der Waals surface area contributed by atoms with E-state index in [9.17, 15) is 16.8 Å². The molecule has 0 saturated heterocycles. The molecule has 5 nitrogen and oxygen atoms in total. The van der Waals surface area contributed by atoms with Gasteiger partial charge in [0.25, 0.3) is 0 Å². The molecule has 0 aliphatic carbocycles. The molecule has 0 saturated carbocycles. The van der Waals surface area contributed by atoms with Gasteiger partial charge in [0.2, 0.25) is 10.0 Å². The van der Waals surface area contributed by atoms with Crippen molar-refractivity contribution in [1.29, 1.82) is 0 Å². The maximum atomic E-state index is 11.8. The topological polar surface area (TPSA) is 94.3 Å². The molecule has 1 aromatic carbocycles. The zero-order valence-corrected chi connectivity index (χ0v) is 10.4. The smallest absolute Gasteiger partial charge is 0.225 e. The Bertz CT molecular complexity index is 575. The van der Waals surface area contributed by atoms with Crippen molar-refractivity contribution in [3.8, 4) is 0 Å². The number of hydrogen-bond donors (Lipinski definition) is 1. The summed E-state index contributed by atoms with van der Waals surface area (Å²) in [5.41, 5.74) is 0. The third kappa shape index (κ3) is 2.81. The van der Waals surface area contributed by atoms with Gasteiger partial charge in [-0.05, 0) is 18.6 Å². The van der Waals surface area contributed by atoms with Crippen molar-refractivity contribution in [3.63, 3.8) is 0 Å². The Balaban J connectivity index is 3.48. The molecule has 16 heavy (non-hydrogen) atoms. The fourth-order valence-electron chi connectivity index (χ4n) is 1.32. The predicted octanol–water partition coefficient (Wildman–Crippen LogP) is 0.518. The zero-order chi connectivity index (χ0) is 12.4.